The molecule has 3 N–H and O–H groups in total. The van der Waals surface area contributed by atoms with Crippen molar-refractivity contribution in [1.29, 1.82) is 0 Å². The second kappa shape index (κ2) is 5.51. The molecule has 0 aliphatic carbocycles. The fraction of sp³-hybridized carbons (Fsp3) is 0.417. The zero-order valence-corrected chi connectivity index (χ0v) is 9.29. The Morgan fingerprint density at radius 1 is 1.40 bits per heavy atom. The van der Waals surface area contributed by atoms with E-state index in [1.807, 2.05) is 6.92 Å². The van der Waals surface area contributed by atoms with Gasteiger partial charge in [-0.1, -0.05) is 36.8 Å². The predicted molar refractivity (Wildman–Crippen MR) is 61.2 cm³/mol. The van der Waals surface area contributed by atoms with Crippen molar-refractivity contribution in [2.45, 2.75) is 20.4 Å². The molecular weight excluding hydrogens is 188 g/mol. The molecule has 1 unspecified atom stereocenters. The van der Waals surface area contributed by atoms with Crippen molar-refractivity contribution in [3.8, 4) is 0 Å². The molecule has 0 aliphatic heterocycles. The van der Waals surface area contributed by atoms with Gasteiger partial charge in [-0.3, -0.25) is 4.79 Å². The maximum Gasteiger partial charge on any atom is 0.221 e. The van der Waals surface area contributed by atoms with E-state index < -0.39 is 0 Å². The molecular formula is C12H18N2O. The van der Waals surface area contributed by atoms with Crippen molar-refractivity contribution < 1.29 is 4.79 Å². The Labute approximate surface area is 90.7 Å². The van der Waals surface area contributed by atoms with Crippen LogP contribution in [0.25, 0.3) is 0 Å². The Balaban J connectivity index is 2.32. The highest BCUT2D eigenvalue weighted by molar-refractivity contribution is 5.76. The van der Waals surface area contributed by atoms with E-state index in [2.05, 4.69) is 36.5 Å². The van der Waals surface area contributed by atoms with E-state index in [1.165, 1.54) is 11.1 Å². The number of rotatable bonds is 5. The third-order valence-electron chi connectivity index (χ3n) is 2.39. The van der Waals surface area contributed by atoms with Crippen molar-refractivity contribution in [1.82, 2.24) is 5.32 Å². The Hall–Kier alpha value is -1.35. The van der Waals surface area contributed by atoms with E-state index in [1.54, 1.807) is 0 Å². The van der Waals surface area contributed by atoms with Crippen LogP contribution in [0.15, 0.2) is 24.3 Å². The van der Waals surface area contributed by atoms with Gasteiger partial charge in [0.05, 0.1) is 0 Å². The lowest BCUT2D eigenvalue weighted by Crippen LogP contribution is -2.30. The summed E-state index contributed by atoms with van der Waals surface area (Å²) in [5, 5.41) is 3.20. The Morgan fingerprint density at radius 3 is 2.53 bits per heavy atom. The first kappa shape index (κ1) is 11.7. The number of nitrogens with one attached hydrogen (secondary N) is 1. The number of aryl methyl sites for hydroxylation is 1. The highest BCUT2D eigenvalue weighted by Crippen LogP contribution is 2.02. The monoisotopic (exact) mass is 206 g/mol. The van der Waals surface area contributed by atoms with Gasteiger partial charge in [0.25, 0.3) is 0 Å². The summed E-state index contributed by atoms with van der Waals surface area (Å²) in [5.41, 5.74) is 7.63. The van der Waals surface area contributed by atoms with E-state index >= 15 is 0 Å². The van der Waals surface area contributed by atoms with Crippen LogP contribution in [0.2, 0.25) is 0 Å². The van der Waals surface area contributed by atoms with Crippen molar-refractivity contribution in [2.24, 2.45) is 11.7 Å². The summed E-state index contributed by atoms with van der Waals surface area (Å²) in [4.78, 5) is 10.8. The minimum atomic E-state index is -0.258. The molecule has 15 heavy (non-hydrogen) atoms. The molecule has 0 radical (unpaired) electrons. The Bertz CT molecular complexity index is 319. The molecule has 0 saturated carbocycles. The fourth-order valence-corrected chi connectivity index (χ4v) is 1.24. The molecule has 1 aromatic carbocycles. The molecule has 0 heterocycles. The van der Waals surface area contributed by atoms with Crippen LogP contribution in [0, 0.1) is 12.8 Å². The third kappa shape index (κ3) is 4.13. The summed E-state index contributed by atoms with van der Waals surface area (Å²) < 4.78 is 0. The van der Waals surface area contributed by atoms with Gasteiger partial charge in [-0.15, -0.1) is 0 Å². The summed E-state index contributed by atoms with van der Waals surface area (Å²) >= 11 is 0. The molecule has 0 aliphatic rings. The SMILES string of the molecule is Cc1ccc(CNCC(C)C(N)=O)cc1. The summed E-state index contributed by atoms with van der Waals surface area (Å²) in [7, 11) is 0. The number of primary amides is 1. The van der Waals surface area contributed by atoms with Crippen LogP contribution in [-0.2, 0) is 11.3 Å². The number of nitrogens with two attached hydrogens (primary N) is 1. The first-order valence-electron chi connectivity index (χ1n) is 5.15. The number of carbonyl (C=O) groups excluding carboxylic acids is 1. The van der Waals surface area contributed by atoms with E-state index in [0.717, 1.165) is 6.54 Å². The molecule has 0 aromatic heterocycles. The zero-order chi connectivity index (χ0) is 11.3. The lowest BCUT2D eigenvalue weighted by Gasteiger charge is -2.09. The van der Waals surface area contributed by atoms with Crippen LogP contribution in [-0.4, -0.2) is 12.5 Å². The topological polar surface area (TPSA) is 55.1 Å². The van der Waals surface area contributed by atoms with Crippen LogP contribution in [0.5, 0.6) is 0 Å². The van der Waals surface area contributed by atoms with Gasteiger partial charge >= 0.3 is 0 Å². The van der Waals surface area contributed by atoms with Crippen molar-refractivity contribution in [3.63, 3.8) is 0 Å². The average molecular weight is 206 g/mol. The van der Waals surface area contributed by atoms with Crippen molar-refractivity contribution in [2.75, 3.05) is 6.54 Å². The first-order chi connectivity index (χ1) is 7.09. The molecule has 82 valence electrons. The molecule has 0 spiro atoms. The second-order valence-electron chi connectivity index (χ2n) is 3.92. The number of carbonyl (C=O) groups is 1. The summed E-state index contributed by atoms with van der Waals surface area (Å²) in [6.45, 7) is 5.29. The third-order valence-corrected chi connectivity index (χ3v) is 2.39. The van der Waals surface area contributed by atoms with Gasteiger partial charge in [-0.2, -0.15) is 0 Å². The Morgan fingerprint density at radius 2 is 2.00 bits per heavy atom. The van der Waals surface area contributed by atoms with Gasteiger partial charge in [-0.05, 0) is 12.5 Å². The quantitative estimate of drug-likeness (QED) is 0.760. The number of hydrogen-bond donors (Lipinski definition) is 2. The van der Waals surface area contributed by atoms with Gasteiger partial charge < -0.3 is 11.1 Å². The van der Waals surface area contributed by atoms with E-state index in [9.17, 15) is 4.79 Å². The maximum atomic E-state index is 10.8. The minimum absolute atomic E-state index is 0.115. The molecule has 0 bridgehead atoms. The van der Waals surface area contributed by atoms with Crippen molar-refractivity contribution >= 4 is 5.91 Å². The van der Waals surface area contributed by atoms with E-state index in [4.69, 9.17) is 5.73 Å². The standard InChI is InChI=1S/C12H18N2O/c1-9-3-5-11(6-4-9)8-14-7-10(2)12(13)15/h3-6,10,14H,7-8H2,1-2H3,(H2,13,15). The minimum Gasteiger partial charge on any atom is -0.369 e. The lowest BCUT2D eigenvalue weighted by molar-refractivity contribution is -0.121. The summed E-state index contributed by atoms with van der Waals surface area (Å²) in [6.07, 6.45) is 0. The lowest BCUT2D eigenvalue weighted by atomic mass is 10.1. The molecule has 1 atom stereocenters. The number of benzene rings is 1. The highest BCUT2D eigenvalue weighted by Gasteiger charge is 2.06. The smallest absolute Gasteiger partial charge is 0.221 e. The molecule has 0 fully saturated rings. The summed E-state index contributed by atoms with van der Waals surface area (Å²) in [6, 6.07) is 8.32. The predicted octanol–water partition coefficient (Wildman–Crippen LogP) is 1.21. The van der Waals surface area contributed by atoms with Crippen LogP contribution >= 0.6 is 0 Å². The highest BCUT2D eigenvalue weighted by atomic mass is 16.1. The van der Waals surface area contributed by atoms with Gasteiger partial charge in [0.1, 0.15) is 0 Å². The largest absolute Gasteiger partial charge is 0.369 e. The normalized spacial score (nSPS) is 12.4. The van der Waals surface area contributed by atoms with Gasteiger partial charge in [0.2, 0.25) is 5.91 Å². The zero-order valence-electron chi connectivity index (χ0n) is 9.29. The van der Waals surface area contributed by atoms with E-state index in [0.29, 0.717) is 6.54 Å². The number of hydrogen-bond acceptors (Lipinski definition) is 2. The van der Waals surface area contributed by atoms with Crippen molar-refractivity contribution in [3.05, 3.63) is 35.4 Å². The van der Waals surface area contributed by atoms with E-state index in [-0.39, 0.29) is 11.8 Å². The first-order valence-corrected chi connectivity index (χ1v) is 5.15. The molecule has 3 heteroatoms. The molecule has 0 saturated heterocycles. The van der Waals surface area contributed by atoms with Gasteiger partial charge in [-0.25, -0.2) is 0 Å². The Kier molecular flexibility index (Phi) is 4.31. The molecule has 1 amide bonds. The molecule has 1 rings (SSSR count). The summed E-state index contributed by atoms with van der Waals surface area (Å²) in [5.74, 6) is -0.373. The van der Waals surface area contributed by atoms with Crippen LogP contribution < -0.4 is 11.1 Å². The average Bonchev–Trinajstić information content (AvgIpc) is 2.20. The van der Waals surface area contributed by atoms with Crippen LogP contribution in [0.3, 0.4) is 0 Å². The van der Waals surface area contributed by atoms with Gasteiger partial charge in [0, 0.05) is 19.0 Å². The maximum absolute atomic E-state index is 10.8. The fourth-order valence-electron chi connectivity index (χ4n) is 1.24. The van der Waals surface area contributed by atoms with Crippen LogP contribution in [0.4, 0.5) is 0 Å². The number of amides is 1. The second-order valence-corrected chi connectivity index (χ2v) is 3.92. The van der Waals surface area contributed by atoms with Gasteiger partial charge in [0.15, 0.2) is 0 Å². The molecule has 1 aromatic rings. The van der Waals surface area contributed by atoms with Crippen LogP contribution in [0.1, 0.15) is 18.1 Å². The molecule has 3 nitrogen and oxygen atoms in total.